The van der Waals surface area contributed by atoms with Crippen molar-refractivity contribution < 1.29 is 13.2 Å². The van der Waals surface area contributed by atoms with E-state index in [2.05, 4.69) is 5.32 Å². The van der Waals surface area contributed by atoms with E-state index in [-0.39, 0.29) is 16.8 Å². The Morgan fingerprint density at radius 2 is 2.10 bits per heavy atom. The average molecular weight is 310 g/mol. The molecule has 5 nitrogen and oxygen atoms in total. The molecule has 1 atom stereocenters. The van der Waals surface area contributed by atoms with Crippen molar-refractivity contribution >= 4 is 15.9 Å². The number of carbonyl (C=O) groups excluding carboxylic acids is 1. The SMILES string of the molecule is CCC(CC1CC1)NC(=O)c1ccc(C)c(S(N)(=O)=O)c1. The molecule has 0 heterocycles. The molecule has 0 bridgehead atoms. The normalized spacial score (nSPS) is 16.5. The smallest absolute Gasteiger partial charge is 0.251 e. The van der Waals surface area contributed by atoms with Crippen LogP contribution in [-0.2, 0) is 10.0 Å². The van der Waals surface area contributed by atoms with Crippen LogP contribution in [0.25, 0.3) is 0 Å². The molecule has 2 rings (SSSR count). The van der Waals surface area contributed by atoms with Crippen molar-refractivity contribution in [1.29, 1.82) is 0 Å². The molecule has 1 unspecified atom stereocenters. The fraction of sp³-hybridized carbons (Fsp3) is 0.533. The van der Waals surface area contributed by atoms with Crippen LogP contribution in [0.2, 0.25) is 0 Å². The molecule has 1 amide bonds. The third kappa shape index (κ3) is 4.28. The maximum absolute atomic E-state index is 12.3. The maximum atomic E-state index is 12.3. The van der Waals surface area contributed by atoms with Crippen LogP contribution in [0.3, 0.4) is 0 Å². The first-order valence-electron chi connectivity index (χ1n) is 7.25. The van der Waals surface area contributed by atoms with Gasteiger partial charge >= 0.3 is 0 Å². The van der Waals surface area contributed by atoms with E-state index in [0.29, 0.717) is 11.1 Å². The van der Waals surface area contributed by atoms with Gasteiger partial charge in [0.25, 0.3) is 5.91 Å². The second-order valence-corrected chi connectivity index (χ2v) is 7.31. The predicted molar refractivity (Wildman–Crippen MR) is 81.4 cm³/mol. The summed E-state index contributed by atoms with van der Waals surface area (Å²) in [4.78, 5) is 12.3. The molecule has 1 aliphatic rings. The summed E-state index contributed by atoms with van der Waals surface area (Å²) in [7, 11) is -3.81. The van der Waals surface area contributed by atoms with E-state index in [0.717, 1.165) is 18.8 Å². The van der Waals surface area contributed by atoms with Gasteiger partial charge in [-0.1, -0.05) is 25.8 Å². The van der Waals surface area contributed by atoms with E-state index in [1.54, 1.807) is 19.1 Å². The van der Waals surface area contributed by atoms with Crippen LogP contribution in [0.15, 0.2) is 23.1 Å². The molecular weight excluding hydrogens is 288 g/mol. The summed E-state index contributed by atoms with van der Waals surface area (Å²) in [5, 5.41) is 8.15. The molecule has 0 radical (unpaired) electrons. The lowest BCUT2D eigenvalue weighted by Gasteiger charge is -2.17. The third-order valence-corrected chi connectivity index (χ3v) is 4.95. The van der Waals surface area contributed by atoms with E-state index >= 15 is 0 Å². The highest BCUT2D eigenvalue weighted by atomic mass is 32.2. The standard InChI is InChI=1S/C15H22N2O3S/c1-3-13(8-11-5-6-11)17-15(18)12-7-4-10(2)14(9-12)21(16,19)20/h4,7,9,11,13H,3,5-6,8H2,1-2H3,(H,17,18)(H2,16,19,20). The molecule has 0 spiro atoms. The van der Waals surface area contributed by atoms with Crippen molar-refractivity contribution in [3.05, 3.63) is 29.3 Å². The van der Waals surface area contributed by atoms with Gasteiger partial charge in [0.2, 0.25) is 10.0 Å². The Labute approximate surface area is 126 Å². The summed E-state index contributed by atoms with van der Waals surface area (Å²) in [6, 6.07) is 4.73. The number of nitrogens with one attached hydrogen (secondary N) is 1. The van der Waals surface area contributed by atoms with Crippen LogP contribution in [-0.4, -0.2) is 20.4 Å². The van der Waals surface area contributed by atoms with Crippen molar-refractivity contribution in [1.82, 2.24) is 5.32 Å². The van der Waals surface area contributed by atoms with E-state index in [9.17, 15) is 13.2 Å². The quantitative estimate of drug-likeness (QED) is 0.841. The lowest BCUT2D eigenvalue weighted by molar-refractivity contribution is 0.0932. The zero-order valence-corrected chi connectivity index (χ0v) is 13.2. The predicted octanol–water partition coefficient (Wildman–Crippen LogP) is 1.95. The summed E-state index contributed by atoms with van der Waals surface area (Å²) in [5.74, 6) is 0.487. The molecule has 0 aliphatic heterocycles. The molecule has 1 saturated carbocycles. The van der Waals surface area contributed by atoms with Crippen molar-refractivity contribution in [2.24, 2.45) is 11.1 Å². The van der Waals surface area contributed by atoms with Gasteiger partial charge < -0.3 is 5.32 Å². The van der Waals surface area contributed by atoms with E-state index in [4.69, 9.17) is 5.14 Å². The van der Waals surface area contributed by atoms with E-state index in [1.165, 1.54) is 18.9 Å². The molecule has 1 aromatic carbocycles. The van der Waals surface area contributed by atoms with E-state index < -0.39 is 10.0 Å². The van der Waals surface area contributed by atoms with Gasteiger partial charge in [-0.05, 0) is 43.4 Å². The molecule has 21 heavy (non-hydrogen) atoms. The molecule has 3 N–H and O–H groups in total. The first-order chi connectivity index (χ1) is 9.81. The molecule has 1 aliphatic carbocycles. The number of sulfonamides is 1. The number of amides is 1. The van der Waals surface area contributed by atoms with Crippen molar-refractivity contribution in [2.45, 2.75) is 50.5 Å². The Morgan fingerprint density at radius 3 is 2.62 bits per heavy atom. The number of benzene rings is 1. The van der Waals surface area contributed by atoms with Crippen LogP contribution in [0.4, 0.5) is 0 Å². The summed E-state index contributed by atoms with van der Waals surface area (Å²) in [5.41, 5.74) is 0.873. The summed E-state index contributed by atoms with van der Waals surface area (Å²) < 4.78 is 23.0. The van der Waals surface area contributed by atoms with Gasteiger partial charge in [-0.3, -0.25) is 4.79 Å². The lowest BCUT2D eigenvalue weighted by atomic mass is 10.1. The van der Waals surface area contributed by atoms with E-state index in [1.807, 2.05) is 6.92 Å². The average Bonchev–Trinajstić information content (AvgIpc) is 3.20. The van der Waals surface area contributed by atoms with Crippen LogP contribution in [0.1, 0.15) is 48.5 Å². The number of nitrogens with two attached hydrogens (primary N) is 1. The van der Waals surface area contributed by atoms with Gasteiger partial charge in [0.15, 0.2) is 0 Å². The van der Waals surface area contributed by atoms with Crippen molar-refractivity contribution in [3.63, 3.8) is 0 Å². The number of hydrogen-bond acceptors (Lipinski definition) is 3. The second kappa shape index (κ2) is 6.15. The lowest BCUT2D eigenvalue weighted by Crippen LogP contribution is -2.34. The molecule has 116 valence electrons. The van der Waals surface area contributed by atoms with Gasteiger partial charge in [-0.15, -0.1) is 0 Å². The highest BCUT2D eigenvalue weighted by Gasteiger charge is 2.26. The summed E-state index contributed by atoms with van der Waals surface area (Å²) in [6.07, 6.45) is 4.35. The number of primary sulfonamides is 1. The minimum absolute atomic E-state index is 0.00499. The summed E-state index contributed by atoms with van der Waals surface area (Å²) >= 11 is 0. The van der Waals surface area contributed by atoms with Gasteiger partial charge in [-0.25, -0.2) is 13.6 Å². The molecule has 1 aromatic rings. The Balaban J connectivity index is 2.15. The minimum Gasteiger partial charge on any atom is -0.349 e. The molecule has 0 aromatic heterocycles. The van der Waals surface area contributed by atoms with Crippen molar-refractivity contribution in [2.75, 3.05) is 0 Å². The maximum Gasteiger partial charge on any atom is 0.251 e. The largest absolute Gasteiger partial charge is 0.349 e. The van der Waals surface area contributed by atoms with Gasteiger partial charge in [0.05, 0.1) is 4.90 Å². The van der Waals surface area contributed by atoms with Crippen LogP contribution < -0.4 is 10.5 Å². The van der Waals surface area contributed by atoms with Crippen LogP contribution in [0, 0.1) is 12.8 Å². The zero-order valence-electron chi connectivity index (χ0n) is 12.4. The third-order valence-electron chi connectivity index (χ3n) is 3.90. The molecule has 1 fully saturated rings. The Hall–Kier alpha value is -1.40. The number of carbonyl (C=O) groups is 1. The highest BCUT2D eigenvalue weighted by molar-refractivity contribution is 7.89. The zero-order chi connectivity index (χ0) is 15.6. The summed E-state index contributed by atoms with van der Waals surface area (Å²) in [6.45, 7) is 3.70. The first-order valence-corrected chi connectivity index (χ1v) is 8.80. The second-order valence-electron chi connectivity index (χ2n) is 5.78. The van der Waals surface area contributed by atoms with Crippen LogP contribution >= 0.6 is 0 Å². The van der Waals surface area contributed by atoms with Crippen molar-refractivity contribution in [3.8, 4) is 0 Å². The Kier molecular flexibility index (Phi) is 4.68. The first kappa shape index (κ1) is 16.0. The highest BCUT2D eigenvalue weighted by Crippen LogP contribution is 2.34. The number of hydrogen-bond donors (Lipinski definition) is 2. The van der Waals surface area contributed by atoms with Gasteiger partial charge in [0, 0.05) is 11.6 Å². The molecular formula is C15H22N2O3S. The Morgan fingerprint density at radius 1 is 1.43 bits per heavy atom. The monoisotopic (exact) mass is 310 g/mol. The number of rotatable bonds is 6. The Bertz CT molecular complexity index is 636. The molecule has 0 saturated heterocycles. The minimum atomic E-state index is -3.81. The molecule has 6 heteroatoms. The topological polar surface area (TPSA) is 89.3 Å². The fourth-order valence-electron chi connectivity index (χ4n) is 2.40. The van der Waals surface area contributed by atoms with Crippen LogP contribution in [0.5, 0.6) is 0 Å². The van der Waals surface area contributed by atoms with Gasteiger partial charge in [0.1, 0.15) is 0 Å². The number of aryl methyl sites for hydroxylation is 1. The van der Waals surface area contributed by atoms with Gasteiger partial charge in [-0.2, -0.15) is 0 Å². The fourth-order valence-corrected chi connectivity index (χ4v) is 3.21.